The van der Waals surface area contributed by atoms with E-state index in [0.29, 0.717) is 6.07 Å². The Hall–Kier alpha value is -2.32. The number of hydrogen-bond donors (Lipinski definition) is 0. The van der Waals surface area contributed by atoms with Crippen molar-refractivity contribution in [2.45, 2.75) is 65.3 Å². The number of halogens is 6. The van der Waals surface area contributed by atoms with E-state index in [-0.39, 0.29) is 25.7 Å². The first-order valence-electron chi connectivity index (χ1n) is 10.4. The molecule has 2 saturated heterocycles. The first-order valence-corrected chi connectivity index (χ1v) is 13.4. The van der Waals surface area contributed by atoms with Crippen LogP contribution in [0.25, 0.3) is 0 Å². The molecule has 2 fully saturated rings. The fraction of sp³-hybridized carbons (Fsp3) is 0.429. The number of piperidine rings is 1. The fourth-order valence-electron chi connectivity index (χ4n) is 4.76. The second-order valence-electron chi connectivity index (χ2n) is 8.38. The molecule has 2 aromatic carbocycles. The van der Waals surface area contributed by atoms with E-state index >= 15 is 0 Å². The van der Waals surface area contributed by atoms with Crippen LogP contribution in [0, 0.1) is 0 Å². The van der Waals surface area contributed by atoms with Crippen molar-refractivity contribution in [3.63, 3.8) is 0 Å². The third-order valence-corrected chi connectivity index (χ3v) is 10.4. The van der Waals surface area contributed by atoms with Gasteiger partial charge in [0.05, 0.1) is 15.7 Å². The van der Waals surface area contributed by atoms with Gasteiger partial charge >= 0.3 is 12.5 Å². The van der Waals surface area contributed by atoms with Crippen LogP contribution in [0.5, 0.6) is 5.75 Å². The van der Waals surface area contributed by atoms with Crippen LogP contribution in [-0.4, -0.2) is 44.8 Å². The highest BCUT2D eigenvalue weighted by Crippen LogP contribution is 2.44. The van der Waals surface area contributed by atoms with Crippen molar-refractivity contribution >= 4 is 19.9 Å². The van der Waals surface area contributed by atoms with Gasteiger partial charge in [0.1, 0.15) is 10.6 Å². The number of fused-ring (bicyclic) bond motifs is 2. The molecule has 0 aliphatic carbocycles. The molecule has 2 bridgehead atoms. The SMILES string of the molecule is O=S(=O)(c1ccccc1OC(F)(F)F)C1CC2CCC(C1)N2S(=O)(=O)c1cccc(C(F)(F)F)c1. The van der Waals surface area contributed by atoms with E-state index in [1.54, 1.807) is 0 Å². The Morgan fingerprint density at radius 3 is 2.00 bits per heavy atom. The molecule has 4 rings (SSSR count). The predicted octanol–water partition coefficient (Wildman–Crippen LogP) is 4.76. The maximum Gasteiger partial charge on any atom is 0.573 e. The van der Waals surface area contributed by atoms with Crippen LogP contribution in [0.1, 0.15) is 31.2 Å². The summed E-state index contributed by atoms with van der Waals surface area (Å²) >= 11 is 0. The van der Waals surface area contributed by atoms with Gasteiger partial charge in [0.15, 0.2) is 9.84 Å². The molecule has 0 amide bonds. The summed E-state index contributed by atoms with van der Waals surface area (Å²) in [6.07, 6.45) is -9.75. The molecule has 192 valence electrons. The summed E-state index contributed by atoms with van der Waals surface area (Å²) in [4.78, 5) is -1.22. The zero-order valence-corrected chi connectivity index (χ0v) is 19.4. The number of para-hydroxylation sites is 1. The van der Waals surface area contributed by atoms with Crippen LogP contribution in [0.2, 0.25) is 0 Å². The van der Waals surface area contributed by atoms with Crippen molar-refractivity contribution < 1.29 is 47.9 Å². The van der Waals surface area contributed by atoms with Crippen LogP contribution in [0.15, 0.2) is 58.3 Å². The Morgan fingerprint density at radius 2 is 1.43 bits per heavy atom. The fourth-order valence-corrected chi connectivity index (χ4v) is 8.66. The molecule has 0 aromatic heterocycles. The van der Waals surface area contributed by atoms with Gasteiger partial charge in [-0.25, -0.2) is 16.8 Å². The molecular weight excluding hydrogens is 524 g/mol. The molecule has 2 aliphatic rings. The number of rotatable bonds is 5. The van der Waals surface area contributed by atoms with Gasteiger partial charge in [0.2, 0.25) is 10.0 Å². The normalized spacial score (nSPS) is 23.9. The summed E-state index contributed by atoms with van der Waals surface area (Å²) in [6, 6.07) is 5.94. The zero-order valence-electron chi connectivity index (χ0n) is 17.8. The third-order valence-electron chi connectivity index (χ3n) is 6.18. The molecule has 0 saturated carbocycles. The molecule has 0 N–H and O–H groups in total. The molecule has 2 aliphatic heterocycles. The summed E-state index contributed by atoms with van der Waals surface area (Å²) in [5.41, 5.74) is -1.13. The van der Waals surface area contributed by atoms with Gasteiger partial charge in [-0.05, 0) is 56.0 Å². The zero-order chi connectivity index (χ0) is 25.8. The lowest BCUT2D eigenvalue weighted by molar-refractivity contribution is -0.275. The second-order valence-corrected chi connectivity index (χ2v) is 12.4. The molecule has 35 heavy (non-hydrogen) atoms. The van der Waals surface area contributed by atoms with Gasteiger partial charge in [-0.3, -0.25) is 0 Å². The van der Waals surface area contributed by atoms with E-state index in [9.17, 15) is 43.2 Å². The van der Waals surface area contributed by atoms with Gasteiger partial charge in [-0.15, -0.1) is 13.2 Å². The van der Waals surface area contributed by atoms with Gasteiger partial charge in [0.25, 0.3) is 0 Å². The monoisotopic (exact) mass is 543 g/mol. The summed E-state index contributed by atoms with van der Waals surface area (Å²) < 4.78 is 135. The number of ether oxygens (including phenoxy) is 1. The first-order chi connectivity index (χ1) is 16.1. The van der Waals surface area contributed by atoms with Crippen LogP contribution in [0.3, 0.4) is 0 Å². The minimum absolute atomic E-state index is 0.211. The molecule has 2 unspecified atom stereocenters. The van der Waals surface area contributed by atoms with Crippen LogP contribution >= 0.6 is 0 Å². The van der Waals surface area contributed by atoms with Gasteiger partial charge in [-0.2, -0.15) is 17.5 Å². The average molecular weight is 544 g/mol. The topological polar surface area (TPSA) is 80.8 Å². The van der Waals surface area contributed by atoms with Crippen molar-refractivity contribution in [3.05, 3.63) is 54.1 Å². The number of benzene rings is 2. The van der Waals surface area contributed by atoms with Gasteiger partial charge in [-0.1, -0.05) is 18.2 Å². The predicted molar refractivity (Wildman–Crippen MR) is 111 cm³/mol. The highest BCUT2D eigenvalue weighted by molar-refractivity contribution is 7.92. The largest absolute Gasteiger partial charge is 0.573 e. The summed E-state index contributed by atoms with van der Waals surface area (Å²) in [5, 5.41) is -1.19. The van der Waals surface area contributed by atoms with E-state index in [4.69, 9.17) is 0 Å². The lowest BCUT2D eigenvalue weighted by atomic mass is 10.1. The van der Waals surface area contributed by atoms with Crippen LogP contribution in [0.4, 0.5) is 26.3 Å². The number of sulfone groups is 1. The number of hydrogen-bond acceptors (Lipinski definition) is 5. The minimum atomic E-state index is -5.12. The Kier molecular flexibility index (Phi) is 6.37. The van der Waals surface area contributed by atoms with Gasteiger partial charge in [0, 0.05) is 12.1 Å². The van der Waals surface area contributed by atoms with E-state index in [1.807, 2.05) is 0 Å². The minimum Gasteiger partial charge on any atom is -0.404 e. The quantitative estimate of drug-likeness (QED) is 0.508. The molecule has 2 atom stereocenters. The Morgan fingerprint density at radius 1 is 0.829 bits per heavy atom. The Balaban J connectivity index is 1.63. The standard InChI is InChI=1S/C21H19F6NO5S2/c22-20(23,24)13-4-3-5-16(10-13)35(31,32)28-14-8-9-15(28)12-17(11-14)34(29,30)19-7-2-1-6-18(19)33-21(25,26)27/h1-7,10,14-15,17H,8-9,11-12H2. The Bertz CT molecular complexity index is 1310. The smallest absolute Gasteiger partial charge is 0.404 e. The third kappa shape index (κ3) is 5.00. The lowest BCUT2D eigenvalue weighted by Gasteiger charge is -2.37. The highest BCUT2D eigenvalue weighted by atomic mass is 32.2. The van der Waals surface area contributed by atoms with Crippen molar-refractivity contribution in [1.82, 2.24) is 4.31 Å². The maximum atomic E-state index is 13.3. The number of sulfonamides is 1. The Labute approximate surface area is 197 Å². The van der Waals surface area contributed by atoms with Crippen molar-refractivity contribution in [1.29, 1.82) is 0 Å². The first kappa shape index (κ1) is 25.8. The van der Waals surface area contributed by atoms with E-state index in [2.05, 4.69) is 4.74 Å². The highest BCUT2D eigenvalue weighted by Gasteiger charge is 2.51. The molecule has 0 radical (unpaired) electrons. The van der Waals surface area contributed by atoms with E-state index < -0.39 is 70.8 Å². The molecule has 2 aromatic rings. The van der Waals surface area contributed by atoms with E-state index in [0.717, 1.165) is 34.6 Å². The van der Waals surface area contributed by atoms with Crippen molar-refractivity contribution in [2.75, 3.05) is 0 Å². The average Bonchev–Trinajstić information content (AvgIpc) is 3.03. The van der Waals surface area contributed by atoms with Crippen molar-refractivity contribution in [3.8, 4) is 5.75 Å². The van der Waals surface area contributed by atoms with Crippen molar-refractivity contribution in [2.24, 2.45) is 0 Å². The molecule has 2 heterocycles. The summed E-state index contributed by atoms with van der Waals surface area (Å²) in [5.74, 6) is -0.883. The lowest BCUT2D eigenvalue weighted by Crippen LogP contribution is -2.49. The van der Waals surface area contributed by atoms with Crippen LogP contribution in [-0.2, 0) is 26.0 Å². The molecule has 0 spiro atoms. The molecular formula is C21H19F6NO5S2. The molecule has 14 heteroatoms. The van der Waals surface area contributed by atoms with Gasteiger partial charge < -0.3 is 4.74 Å². The van der Waals surface area contributed by atoms with Crippen LogP contribution < -0.4 is 4.74 Å². The molecule has 6 nitrogen and oxygen atoms in total. The summed E-state index contributed by atoms with van der Waals surface area (Å²) in [7, 11) is -8.73. The number of alkyl halides is 6. The van der Waals surface area contributed by atoms with E-state index in [1.165, 1.54) is 12.1 Å². The number of nitrogens with zero attached hydrogens (tertiary/aromatic N) is 1. The summed E-state index contributed by atoms with van der Waals surface area (Å²) in [6.45, 7) is 0. The maximum absolute atomic E-state index is 13.3. The second kappa shape index (κ2) is 8.66.